The summed E-state index contributed by atoms with van der Waals surface area (Å²) in [6.45, 7) is 4.56. The highest BCUT2D eigenvalue weighted by Crippen LogP contribution is 2.37. The first kappa shape index (κ1) is 15.1. The van der Waals surface area contributed by atoms with Crippen molar-refractivity contribution in [2.75, 3.05) is 26.2 Å². The largest absolute Gasteiger partial charge is 0.314 e. The lowest BCUT2D eigenvalue weighted by Crippen LogP contribution is -2.44. The van der Waals surface area contributed by atoms with Crippen molar-refractivity contribution in [1.29, 1.82) is 0 Å². The molecule has 0 aliphatic carbocycles. The molecule has 7 heteroatoms. The molecule has 1 aromatic carbocycles. The normalized spacial score (nSPS) is 18.6. The highest BCUT2D eigenvalue weighted by molar-refractivity contribution is 9.10. The van der Waals surface area contributed by atoms with Crippen molar-refractivity contribution in [2.24, 2.45) is 0 Å². The van der Waals surface area contributed by atoms with Crippen molar-refractivity contribution in [3.63, 3.8) is 0 Å². The summed E-state index contributed by atoms with van der Waals surface area (Å²) in [5.41, 5.74) is -0.123. The molecule has 1 aliphatic rings. The zero-order valence-electron chi connectivity index (χ0n) is 10.2. The maximum atomic E-state index is 14.0. The maximum Gasteiger partial charge on any atom is 0.176 e. The predicted molar refractivity (Wildman–Crippen MR) is 71.9 cm³/mol. The quantitative estimate of drug-likeness (QED) is 0.644. The monoisotopic (exact) mass is 356 g/mol. The average Bonchev–Trinajstić information content (AvgIpc) is 2.44. The van der Waals surface area contributed by atoms with E-state index in [1.165, 1.54) is 0 Å². The van der Waals surface area contributed by atoms with Crippen LogP contribution in [0, 0.1) is 17.5 Å². The Morgan fingerprint density at radius 3 is 2.32 bits per heavy atom. The fraction of sp³-hybridized carbons (Fsp3) is 0.500. The van der Waals surface area contributed by atoms with E-state index < -0.39 is 28.0 Å². The van der Waals surface area contributed by atoms with E-state index in [1.54, 1.807) is 6.92 Å². The van der Waals surface area contributed by atoms with Gasteiger partial charge in [0.1, 0.15) is 0 Å². The summed E-state index contributed by atoms with van der Waals surface area (Å²) in [7, 11) is 0. The third kappa shape index (κ3) is 2.77. The Labute approximate surface area is 123 Å². The Morgan fingerprint density at radius 1 is 1.16 bits per heavy atom. The molecule has 1 atom stereocenters. The number of hydrogen-bond donors (Lipinski definition) is 1. The fourth-order valence-corrected chi connectivity index (χ4v) is 3.06. The molecule has 1 aromatic rings. The first-order chi connectivity index (χ1) is 8.95. The molecular weight excluding hydrogens is 344 g/mol. The van der Waals surface area contributed by atoms with Crippen molar-refractivity contribution in [3.05, 3.63) is 32.5 Å². The van der Waals surface area contributed by atoms with Gasteiger partial charge in [-0.1, -0.05) is 11.6 Å². The van der Waals surface area contributed by atoms with Crippen LogP contribution in [0.5, 0.6) is 0 Å². The molecule has 0 radical (unpaired) electrons. The van der Waals surface area contributed by atoms with E-state index in [0.29, 0.717) is 13.1 Å². The van der Waals surface area contributed by atoms with Crippen LogP contribution in [-0.4, -0.2) is 31.1 Å². The Morgan fingerprint density at radius 2 is 1.74 bits per heavy atom. The zero-order chi connectivity index (χ0) is 14.2. The van der Waals surface area contributed by atoms with Gasteiger partial charge < -0.3 is 5.32 Å². The summed E-state index contributed by atoms with van der Waals surface area (Å²) in [4.78, 5) is 1.94. The van der Waals surface area contributed by atoms with Crippen molar-refractivity contribution in [3.8, 4) is 0 Å². The Kier molecular flexibility index (Phi) is 4.76. The molecule has 1 fully saturated rings. The first-order valence-electron chi connectivity index (χ1n) is 5.91. The summed E-state index contributed by atoms with van der Waals surface area (Å²) in [5.74, 6) is -3.29. The van der Waals surface area contributed by atoms with Crippen molar-refractivity contribution in [2.45, 2.75) is 13.0 Å². The van der Waals surface area contributed by atoms with Crippen LogP contribution in [-0.2, 0) is 0 Å². The Hall–Kier alpha value is -0.300. The Bertz CT molecular complexity index is 463. The second-order valence-corrected chi connectivity index (χ2v) is 5.62. The van der Waals surface area contributed by atoms with E-state index in [9.17, 15) is 13.2 Å². The minimum atomic E-state index is -1.24. The highest BCUT2D eigenvalue weighted by atomic mass is 79.9. The topological polar surface area (TPSA) is 15.3 Å². The highest BCUT2D eigenvalue weighted by Gasteiger charge is 2.29. The smallest absolute Gasteiger partial charge is 0.176 e. The Balaban J connectivity index is 2.43. The molecule has 0 bridgehead atoms. The van der Waals surface area contributed by atoms with Gasteiger partial charge in [-0.25, -0.2) is 13.2 Å². The molecule has 106 valence electrons. The van der Waals surface area contributed by atoms with Gasteiger partial charge in [0.15, 0.2) is 17.5 Å². The summed E-state index contributed by atoms with van der Waals surface area (Å²) in [6.07, 6.45) is 0. The fourth-order valence-electron chi connectivity index (χ4n) is 2.24. The van der Waals surface area contributed by atoms with E-state index in [2.05, 4.69) is 21.2 Å². The number of nitrogens with zero attached hydrogens (tertiary/aromatic N) is 1. The lowest BCUT2D eigenvalue weighted by molar-refractivity contribution is 0.181. The first-order valence-corrected chi connectivity index (χ1v) is 7.08. The van der Waals surface area contributed by atoms with E-state index in [-0.39, 0.29) is 10.6 Å². The van der Waals surface area contributed by atoms with Crippen LogP contribution in [0.3, 0.4) is 0 Å². The molecule has 2 nitrogen and oxygen atoms in total. The summed E-state index contributed by atoms with van der Waals surface area (Å²) in [5, 5.41) is 2.79. The van der Waals surface area contributed by atoms with E-state index in [0.717, 1.165) is 13.1 Å². The van der Waals surface area contributed by atoms with Crippen LogP contribution in [0.2, 0.25) is 5.02 Å². The zero-order valence-corrected chi connectivity index (χ0v) is 12.6. The van der Waals surface area contributed by atoms with Gasteiger partial charge in [0, 0.05) is 37.8 Å². The number of nitrogens with one attached hydrogen (secondary N) is 1. The van der Waals surface area contributed by atoms with E-state index >= 15 is 0 Å². The van der Waals surface area contributed by atoms with Gasteiger partial charge in [-0.2, -0.15) is 0 Å². The maximum absolute atomic E-state index is 14.0. The minimum absolute atomic E-state index is 0.123. The third-order valence-electron chi connectivity index (χ3n) is 3.36. The van der Waals surface area contributed by atoms with Gasteiger partial charge in [-0.15, -0.1) is 0 Å². The third-order valence-corrected chi connectivity index (χ3v) is 4.43. The van der Waals surface area contributed by atoms with Crippen molar-refractivity contribution in [1.82, 2.24) is 10.2 Å². The molecule has 1 saturated heterocycles. The van der Waals surface area contributed by atoms with Crippen molar-refractivity contribution < 1.29 is 13.2 Å². The number of rotatable bonds is 2. The van der Waals surface area contributed by atoms with Gasteiger partial charge in [0.25, 0.3) is 0 Å². The summed E-state index contributed by atoms with van der Waals surface area (Å²) >= 11 is 8.50. The van der Waals surface area contributed by atoms with Gasteiger partial charge in [0.2, 0.25) is 0 Å². The lowest BCUT2D eigenvalue weighted by Gasteiger charge is -2.33. The number of halogens is 5. The molecule has 0 saturated carbocycles. The van der Waals surface area contributed by atoms with Crippen LogP contribution in [0.15, 0.2) is 4.47 Å². The van der Waals surface area contributed by atoms with Gasteiger partial charge in [0.05, 0.1) is 9.50 Å². The SMILES string of the molecule is CC(c1c(F)c(F)c(Br)c(F)c1Cl)N1CCNCC1. The minimum Gasteiger partial charge on any atom is -0.314 e. The number of benzene rings is 1. The molecule has 1 heterocycles. The second-order valence-electron chi connectivity index (χ2n) is 4.45. The average molecular weight is 358 g/mol. The van der Waals surface area contributed by atoms with Gasteiger partial charge in [-0.05, 0) is 22.9 Å². The molecule has 0 amide bonds. The van der Waals surface area contributed by atoms with Crippen LogP contribution in [0.25, 0.3) is 0 Å². The molecule has 0 aromatic heterocycles. The molecule has 1 N–H and O–H groups in total. The van der Waals surface area contributed by atoms with Crippen molar-refractivity contribution >= 4 is 27.5 Å². The number of hydrogen-bond acceptors (Lipinski definition) is 2. The van der Waals surface area contributed by atoms with Crippen LogP contribution < -0.4 is 5.32 Å². The molecule has 1 unspecified atom stereocenters. The molecule has 19 heavy (non-hydrogen) atoms. The van der Waals surface area contributed by atoms with Crippen LogP contribution >= 0.6 is 27.5 Å². The van der Waals surface area contributed by atoms with Gasteiger partial charge >= 0.3 is 0 Å². The van der Waals surface area contributed by atoms with Gasteiger partial charge in [-0.3, -0.25) is 4.90 Å². The lowest BCUT2D eigenvalue weighted by atomic mass is 10.0. The molecule has 1 aliphatic heterocycles. The second kappa shape index (κ2) is 5.99. The summed E-state index contributed by atoms with van der Waals surface area (Å²) in [6, 6.07) is -0.480. The standard InChI is InChI=1S/C12H13BrClF3N2/c1-6(19-4-2-18-3-5-19)7-9(14)11(16)8(13)12(17)10(7)15/h6,18H,2-5H2,1H3. The molecule has 0 spiro atoms. The van der Waals surface area contributed by atoms with Crippen LogP contribution in [0.4, 0.5) is 13.2 Å². The molecular formula is C12H13BrClF3N2. The van der Waals surface area contributed by atoms with Crippen LogP contribution in [0.1, 0.15) is 18.5 Å². The van der Waals surface area contributed by atoms with E-state index in [1.807, 2.05) is 4.90 Å². The number of piperazine rings is 1. The summed E-state index contributed by atoms with van der Waals surface area (Å²) < 4.78 is 40.8. The predicted octanol–water partition coefficient (Wildman–Crippen LogP) is 3.49. The van der Waals surface area contributed by atoms with E-state index in [4.69, 9.17) is 11.6 Å². The molecule has 2 rings (SSSR count).